The van der Waals surface area contributed by atoms with Crippen LogP contribution in [0.5, 0.6) is 0 Å². The summed E-state index contributed by atoms with van der Waals surface area (Å²) in [7, 11) is 0. The van der Waals surface area contributed by atoms with Gasteiger partial charge in [0.15, 0.2) is 0 Å². The predicted octanol–water partition coefficient (Wildman–Crippen LogP) is -1.25. The van der Waals surface area contributed by atoms with Gasteiger partial charge in [0.1, 0.15) is 12.3 Å². The molecule has 3 N–H and O–H groups in total. The van der Waals surface area contributed by atoms with Crippen LogP contribution >= 0.6 is 0 Å². The Kier molecular flexibility index (Phi) is 4.59. The van der Waals surface area contributed by atoms with Gasteiger partial charge in [0.05, 0.1) is 0 Å². The fraction of sp³-hybridized carbons (Fsp3) is 0.500. The summed E-state index contributed by atoms with van der Waals surface area (Å²) in [4.78, 5) is 20.0. The zero-order valence-electron chi connectivity index (χ0n) is 5.39. The average Bonchev–Trinajstić information content (AvgIpc) is 1.86. The molecule has 0 spiro atoms. The fourth-order valence-electron chi connectivity index (χ4n) is 0.417. The monoisotopic (exact) mass is 181 g/mol. The number of carbonyl (C=O) groups excluding carboxylic acids is 1. The van der Waals surface area contributed by atoms with Crippen molar-refractivity contribution in [3.05, 3.63) is 0 Å². The van der Waals surface area contributed by atoms with Gasteiger partial charge in [0.25, 0.3) is 0 Å². The summed E-state index contributed by atoms with van der Waals surface area (Å²) in [5, 5.41) is 8.29. The first-order valence-corrected chi connectivity index (χ1v) is 3.72. The lowest BCUT2D eigenvalue weighted by Gasteiger charge is -2.05. The molecule has 7 heteroatoms. The Morgan fingerprint density at radius 2 is 2.27 bits per heavy atom. The van der Waals surface area contributed by atoms with Crippen LogP contribution in [0, 0.1) is 0 Å². The van der Waals surface area contributed by atoms with E-state index in [9.17, 15) is 13.8 Å². The first-order valence-electron chi connectivity index (χ1n) is 2.61. The lowest BCUT2D eigenvalue weighted by Crippen LogP contribution is -2.37. The molecule has 6 nitrogen and oxygen atoms in total. The van der Waals surface area contributed by atoms with Crippen LogP contribution < -0.4 is 4.72 Å². The first kappa shape index (κ1) is 10.2. The molecule has 0 aliphatic heterocycles. The summed E-state index contributed by atoms with van der Waals surface area (Å²) < 4.78 is 20.0. The number of hydrogen-bond donors (Lipinski definition) is 3. The van der Waals surface area contributed by atoms with Crippen molar-refractivity contribution in [1.82, 2.24) is 4.72 Å². The predicted molar refractivity (Wildman–Crippen MR) is 36.0 cm³/mol. The molecule has 2 atom stereocenters. The molecule has 0 saturated heterocycles. The smallest absolute Gasteiger partial charge is 0.322 e. The van der Waals surface area contributed by atoms with Crippen molar-refractivity contribution in [2.75, 3.05) is 0 Å². The van der Waals surface area contributed by atoms with E-state index in [0.717, 1.165) is 0 Å². The van der Waals surface area contributed by atoms with E-state index in [1.165, 1.54) is 0 Å². The summed E-state index contributed by atoms with van der Waals surface area (Å²) >= 11 is -2.41. The molecule has 0 rings (SSSR count). The quantitative estimate of drug-likeness (QED) is 0.363. The zero-order valence-corrected chi connectivity index (χ0v) is 6.21. The van der Waals surface area contributed by atoms with E-state index in [2.05, 4.69) is 0 Å². The van der Waals surface area contributed by atoms with Crippen molar-refractivity contribution in [3.63, 3.8) is 0 Å². The molecule has 0 aromatic heterocycles. The lowest BCUT2D eigenvalue weighted by molar-refractivity contribution is -0.139. The number of carbonyl (C=O) groups is 2. The molecule has 0 aliphatic carbocycles. The maximum Gasteiger partial charge on any atom is 0.322 e. The molecular formula is C4H7NO5S. The zero-order chi connectivity index (χ0) is 8.85. The van der Waals surface area contributed by atoms with Crippen LogP contribution in [0.2, 0.25) is 0 Å². The maximum absolute atomic E-state index is 10.2. The van der Waals surface area contributed by atoms with Gasteiger partial charge in [-0.15, -0.1) is 0 Å². The minimum atomic E-state index is -2.41. The third kappa shape index (κ3) is 4.59. The molecule has 0 saturated carbocycles. The Morgan fingerprint density at radius 3 is 2.55 bits per heavy atom. The van der Waals surface area contributed by atoms with Crippen LogP contribution in [0.3, 0.4) is 0 Å². The SMILES string of the molecule is O=CC[C@H](NS(=O)O)C(=O)O. The van der Waals surface area contributed by atoms with Gasteiger partial charge in [-0.3, -0.25) is 9.35 Å². The summed E-state index contributed by atoms with van der Waals surface area (Å²) in [5.41, 5.74) is 0. The van der Waals surface area contributed by atoms with E-state index in [0.29, 0.717) is 6.29 Å². The molecule has 0 aliphatic rings. The molecule has 64 valence electrons. The largest absolute Gasteiger partial charge is 0.480 e. The Hall–Kier alpha value is -0.790. The lowest BCUT2D eigenvalue weighted by atomic mass is 10.2. The van der Waals surface area contributed by atoms with E-state index < -0.39 is 23.3 Å². The van der Waals surface area contributed by atoms with Crippen molar-refractivity contribution in [1.29, 1.82) is 0 Å². The number of nitrogens with one attached hydrogen (secondary N) is 1. The molecule has 11 heavy (non-hydrogen) atoms. The highest BCUT2D eigenvalue weighted by atomic mass is 32.2. The van der Waals surface area contributed by atoms with Gasteiger partial charge in [0, 0.05) is 6.42 Å². The summed E-state index contributed by atoms with van der Waals surface area (Å²) in [6.45, 7) is 0. The summed E-state index contributed by atoms with van der Waals surface area (Å²) in [6, 6.07) is -1.29. The number of rotatable bonds is 5. The third-order valence-electron chi connectivity index (χ3n) is 0.873. The maximum atomic E-state index is 10.2. The molecule has 1 unspecified atom stereocenters. The highest BCUT2D eigenvalue weighted by molar-refractivity contribution is 7.77. The van der Waals surface area contributed by atoms with Crippen LogP contribution in [0.25, 0.3) is 0 Å². The second-order valence-electron chi connectivity index (χ2n) is 1.66. The second-order valence-corrected chi connectivity index (χ2v) is 2.39. The van der Waals surface area contributed by atoms with Gasteiger partial charge in [0.2, 0.25) is 11.3 Å². The number of carboxylic acid groups (broad SMARTS) is 1. The average molecular weight is 181 g/mol. The Morgan fingerprint density at radius 1 is 1.73 bits per heavy atom. The van der Waals surface area contributed by atoms with Gasteiger partial charge >= 0.3 is 5.97 Å². The van der Waals surface area contributed by atoms with Crippen LogP contribution in [-0.2, 0) is 20.9 Å². The van der Waals surface area contributed by atoms with Gasteiger partial charge in [-0.05, 0) is 0 Å². The van der Waals surface area contributed by atoms with Gasteiger partial charge < -0.3 is 9.90 Å². The van der Waals surface area contributed by atoms with E-state index in [1.807, 2.05) is 0 Å². The molecule has 0 radical (unpaired) electrons. The van der Waals surface area contributed by atoms with Crippen LogP contribution in [0.15, 0.2) is 0 Å². The molecule has 0 fully saturated rings. The highest BCUT2D eigenvalue weighted by Crippen LogP contribution is 1.88. The Bertz CT molecular complexity index is 181. The topological polar surface area (TPSA) is 104 Å². The molecule has 0 aromatic rings. The minimum absolute atomic E-state index is 0.332. The minimum Gasteiger partial charge on any atom is -0.480 e. The number of aldehydes is 1. The normalized spacial score (nSPS) is 15.4. The van der Waals surface area contributed by atoms with Crippen molar-refractivity contribution in [2.24, 2.45) is 0 Å². The van der Waals surface area contributed by atoms with Gasteiger partial charge in [-0.25, -0.2) is 4.21 Å². The molecule has 0 bridgehead atoms. The van der Waals surface area contributed by atoms with Crippen LogP contribution in [0.4, 0.5) is 0 Å². The Balaban J connectivity index is 3.99. The molecular weight excluding hydrogens is 174 g/mol. The highest BCUT2D eigenvalue weighted by Gasteiger charge is 2.17. The van der Waals surface area contributed by atoms with Crippen molar-refractivity contribution < 1.29 is 23.5 Å². The third-order valence-corrected chi connectivity index (χ3v) is 1.36. The second kappa shape index (κ2) is 4.94. The van der Waals surface area contributed by atoms with Gasteiger partial charge in [-0.2, -0.15) is 4.72 Å². The first-order chi connectivity index (χ1) is 5.07. The van der Waals surface area contributed by atoms with Crippen molar-refractivity contribution in [3.8, 4) is 0 Å². The molecule has 0 amide bonds. The van der Waals surface area contributed by atoms with Gasteiger partial charge in [-0.1, -0.05) is 0 Å². The Labute approximate surface area is 65.0 Å². The van der Waals surface area contributed by atoms with E-state index in [4.69, 9.17) is 9.66 Å². The van der Waals surface area contributed by atoms with Crippen LogP contribution in [-0.4, -0.2) is 32.2 Å². The number of aliphatic carboxylic acids is 1. The van der Waals surface area contributed by atoms with Crippen LogP contribution in [0.1, 0.15) is 6.42 Å². The van der Waals surface area contributed by atoms with E-state index in [1.54, 1.807) is 4.72 Å². The fourth-order valence-corrected chi connectivity index (χ4v) is 0.858. The standard InChI is InChI=1S/C4H7NO5S/c6-2-1-3(4(7)8)5-11(9)10/h2-3,5H,1H2,(H,7,8)(H,9,10)/t3-/m0/s1. The van der Waals surface area contributed by atoms with Crippen molar-refractivity contribution >= 4 is 23.5 Å². The molecule has 0 aromatic carbocycles. The van der Waals surface area contributed by atoms with Crippen molar-refractivity contribution in [2.45, 2.75) is 12.5 Å². The van der Waals surface area contributed by atoms with E-state index in [-0.39, 0.29) is 6.42 Å². The van der Waals surface area contributed by atoms with E-state index >= 15 is 0 Å². The summed E-state index contributed by atoms with van der Waals surface area (Å²) in [5.74, 6) is -1.33. The summed E-state index contributed by atoms with van der Waals surface area (Å²) in [6.07, 6.45) is 0.0281. The number of carboxylic acids is 1. The molecule has 0 heterocycles. The number of hydrogen-bond acceptors (Lipinski definition) is 3.